The zero-order valence-electron chi connectivity index (χ0n) is 8.85. The minimum absolute atomic E-state index is 0.175. The highest BCUT2D eigenvalue weighted by molar-refractivity contribution is 7.85. The Morgan fingerprint density at radius 1 is 0.882 bits per heavy atom. The van der Waals surface area contributed by atoms with Gasteiger partial charge in [0.1, 0.15) is 10.8 Å². The van der Waals surface area contributed by atoms with Gasteiger partial charge in [-0.2, -0.15) is 8.78 Å². The molecule has 0 aromatic heterocycles. The Kier molecular flexibility index (Phi) is 3.64. The molecule has 0 saturated heterocycles. The summed E-state index contributed by atoms with van der Waals surface area (Å²) in [6.07, 6.45) is 0. The molecule has 88 valence electrons. The van der Waals surface area contributed by atoms with Gasteiger partial charge in [-0.15, -0.1) is 0 Å². The molecule has 0 aliphatic rings. The van der Waals surface area contributed by atoms with E-state index < -0.39 is 16.6 Å². The fraction of sp³-hybridized carbons (Fsp3) is 0.0769. The number of alkyl halides is 2. The second kappa shape index (κ2) is 5.19. The zero-order chi connectivity index (χ0) is 12.3. The summed E-state index contributed by atoms with van der Waals surface area (Å²) >= 11 is 0. The third-order valence-corrected chi connectivity index (χ3v) is 3.46. The maximum absolute atomic E-state index is 12.5. The summed E-state index contributed by atoms with van der Waals surface area (Å²) in [5.41, 5.74) is 1.38. The molecule has 1 nitrogen and oxygen atoms in total. The van der Waals surface area contributed by atoms with Crippen LogP contribution >= 0.6 is 0 Å². The molecule has 17 heavy (non-hydrogen) atoms. The molecule has 0 saturated carbocycles. The predicted octanol–water partition coefficient (Wildman–Crippen LogP) is 3.68. The van der Waals surface area contributed by atoms with Crippen molar-refractivity contribution in [2.75, 3.05) is 0 Å². The molecule has 0 amide bonds. The third-order valence-electron chi connectivity index (χ3n) is 2.35. The van der Waals surface area contributed by atoms with Gasteiger partial charge in [0.2, 0.25) is 0 Å². The zero-order valence-corrected chi connectivity index (χ0v) is 9.66. The van der Waals surface area contributed by atoms with E-state index in [1.165, 1.54) is 6.07 Å². The summed E-state index contributed by atoms with van der Waals surface area (Å²) in [5, 5.41) is 0. The SMILES string of the molecule is O=S(c1ccccc1-c1ccccc1)C(F)F. The van der Waals surface area contributed by atoms with Gasteiger partial charge in [0.15, 0.2) is 0 Å². The number of halogens is 2. The normalized spacial score (nSPS) is 12.6. The Morgan fingerprint density at radius 2 is 1.47 bits per heavy atom. The Balaban J connectivity index is 2.52. The first-order valence-corrected chi connectivity index (χ1v) is 6.24. The second-order valence-electron chi connectivity index (χ2n) is 3.42. The lowest BCUT2D eigenvalue weighted by Gasteiger charge is -2.08. The van der Waals surface area contributed by atoms with E-state index in [1.807, 2.05) is 30.3 Å². The topological polar surface area (TPSA) is 17.1 Å². The van der Waals surface area contributed by atoms with Gasteiger partial charge in [-0.05, 0) is 17.2 Å². The quantitative estimate of drug-likeness (QED) is 0.814. The van der Waals surface area contributed by atoms with Crippen LogP contribution in [0.15, 0.2) is 59.5 Å². The molecule has 0 aliphatic heterocycles. The molecule has 1 atom stereocenters. The molecule has 2 rings (SSSR count). The van der Waals surface area contributed by atoms with Crippen molar-refractivity contribution >= 4 is 10.8 Å². The number of hydrogen-bond donors (Lipinski definition) is 0. The lowest BCUT2D eigenvalue weighted by molar-refractivity contribution is 0.244. The largest absolute Gasteiger partial charge is 0.316 e. The van der Waals surface area contributed by atoms with E-state index in [4.69, 9.17) is 0 Å². The van der Waals surface area contributed by atoms with Crippen LogP contribution in [-0.4, -0.2) is 9.97 Å². The molecule has 2 aromatic carbocycles. The van der Waals surface area contributed by atoms with Gasteiger partial charge < -0.3 is 0 Å². The van der Waals surface area contributed by atoms with Crippen LogP contribution in [0.25, 0.3) is 11.1 Å². The van der Waals surface area contributed by atoms with E-state index in [2.05, 4.69) is 0 Å². The van der Waals surface area contributed by atoms with Crippen LogP contribution < -0.4 is 0 Å². The summed E-state index contributed by atoms with van der Waals surface area (Å²) in [7, 11) is -2.28. The summed E-state index contributed by atoms with van der Waals surface area (Å²) in [6, 6.07) is 15.6. The van der Waals surface area contributed by atoms with Crippen LogP contribution in [0.5, 0.6) is 0 Å². The van der Waals surface area contributed by atoms with Gasteiger partial charge in [-0.1, -0.05) is 48.5 Å². The van der Waals surface area contributed by atoms with Crippen molar-refractivity contribution in [1.29, 1.82) is 0 Å². The lowest BCUT2D eigenvalue weighted by atomic mass is 10.1. The minimum atomic E-state index is -2.86. The molecule has 0 fully saturated rings. The van der Waals surface area contributed by atoms with E-state index in [9.17, 15) is 13.0 Å². The molecule has 0 heterocycles. The van der Waals surface area contributed by atoms with E-state index in [1.54, 1.807) is 18.2 Å². The average molecular weight is 252 g/mol. The van der Waals surface area contributed by atoms with E-state index in [0.717, 1.165) is 5.56 Å². The van der Waals surface area contributed by atoms with Gasteiger partial charge in [0.25, 0.3) is 0 Å². The molecule has 0 aliphatic carbocycles. The van der Waals surface area contributed by atoms with Crippen molar-refractivity contribution in [2.24, 2.45) is 0 Å². The number of rotatable bonds is 3. The Bertz CT molecular complexity index is 526. The number of benzene rings is 2. The maximum atomic E-state index is 12.5. The van der Waals surface area contributed by atoms with Crippen LogP contribution in [0.4, 0.5) is 8.78 Å². The Morgan fingerprint density at radius 3 is 2.12 bits per heavy atom. The highest BCUT2D eigenvalue weighted by Gasteiger charge is 2.19. The smallest absolute Gasteiger partial charge is 0.248 e. The van der Waals surface area contributed by atoms with Crippen LogP contribution in [0.3, 0.4) is 0 Å². The summed E-state index contributed by atoms with van der Waals surface area (Å²) in [5.74, 6) is -2.86. The van der Waals surface area contributed by atoms with Crippen molar-refractivity contribution in [3.8, 4) is 11.1 Å². The van der Waals surface area contributed by atoms with Gasteiger partial charge in [-0.3, -0.25) is 0 Å². The summed E-state index contributed by atoms with van der Waals surface area (Å²) in [6.45, 7) is 0. The van der Waals surface area contributed by atoms with Gasteiger partial charge in [-0.25, -0.2) is 4.21 Å². The molecule has 4 heteroatoms. The monoisotopic (exact) mass is 252 g/mol. The summed E-state index contributed by atoms with van der Waals surface area (Å²) < 4.78 is 36.5. The van der Waals surface area contributed by atoms with Gasteiger partial charge in [0, 0.05) is 0 Å². The van der Waals surface area contributed by atoms with Crippen molar-refractivity contribution in [1.82, 2.24) is 0 Å². The first-order valence-electron chi connectivity index (χ1n) is 5.03. The van der Waals surface area contributed by atoms with Crippen molar-refractivity contribution < 1.29 is 13.0 Å². The van der Waals surface area contributed by atoms with Crippen LogP contribution in [-0.2, 0) is 10.8 Å². The molecule has 0 N–H and O–H groups in total. The molecular weight excluding hydrogens is 242 g/mol. The van der Waals surface area contributed by atoms with Gasteiger partial charge in [0.05, 0.1) is 4.90 Å². The molecule has 2 aromatic rings. The van der Waals surface area contributed by atoms with E-state index >= 15 is 0 Å². The third kappa shape index (κ3) is 2.58. The molecule has 0 spiro atoms. The van der Waals surface area contributed by atoms with Gasteiger partial charge >= 0.3 is 5.76 Å². The average Bonchev–Trinajstić information content (AvgIpc) is 2.39. The first kappa shape index (κ1) is 11.9. The highest BCUT2D eigenvalue weighted by atomic mass is 32.2. The molecule has 0 radical (unpaired) electrons. The maximum Gasteiger partial charge on any atom is 0.316 e. The highest BCUT2D eigenvalue weighted by Crippen LogP contribution is 2.27. The van der Waals surface area contributed by atoms with Crippen LogP contribution in [0, 0.1) is 0 Å². The van der Waals surface area contributed by atoms with Crippen LogP contribution in [0.1, 0.15) is 0 Å². The Labute approximate surface area is 101 Å². The van der Waals surface area contributed by atoms with Crippen molar-refractivity contribution in [2.45, 2.75) is 10.7 Å². The minimum Gasteiger partial charge on any atom is -0.248 e. The van der Waals surface area contributed by atoms with E-state index in [-0.39, 0.29) is 4.90 Å². The predicted molar refractivity (Wildman–Crippen MR) is 64.3 cm³/mol. The van der Waals surface area contributed by atoms with Crippen molar-refractivity contribution in [3.05, 3.63) is 54.6 Å². The van der Waals surface area contributed by atoms with Crippen LogP contribution in [0.2, 0.25) is 0 Å². The standard InChI is InChI=1S/C13H10F2OS/c14-13(15)17(16)12-9-5-4-8-11(12)10-6-2-1-3-7-10/h1-9,13H. The fourth-order valence-electron chi connectivity index (χ4n) is 1.59. The number of hydrogen-bond acceptors (Lipinski definition) is 1. The van der Waals surface area contributed by atoms with E-state index in [0.29, 0.717) is 5.56 Å². The second-order valence-corrected chi connectivity index (χ2v) is 4.81. The van der Waals surface area contributed by atoms with Crippen molar-refractivity contribution in [3.63, 3.8) is 0 Å². The lowest BCUT2D eigenvalue weighted by Crippen LogP contribution is -2.04. The molecular formula is C13H10F2OS. The molecule has 0 bridgehead atoms. The molecule has 1 unspecified atom stereocenters. The first-order chi connectivity index (χ1) is 8.20. The summed E-state index contributed by atoms with van der Waals surface area (Å²) in [4.78, 5) is 0.175. The Hall–Kier alpha value is -1.55. The fourth-order valence-corrected chi connectivity index (χ4v) is 2.40.